The van der Waals surface area contributed by atoms with Gasteiger partial charge in [-0.2, -0.15) is 0 Å². The summed E-state index contributed by atoms with van der Waals surface area (Å²) in [5.41, 5.74) is 5.51. The Morgan fingerprint density at radius 3 is 2.50 bits per heavy atom. The maximum Gasteiger partial charge on any atom is 0.335 e. The van der Waals surface area contributed by atoms with Crippen LogP contribution in [0.15, 0.2) is 42.0 Å². The molecule has 0 heterocycles. The standard InChI is InChI=1S/C18H14Cl2O2/c1-10-2-3-11-4-5-12(18(21)22)8-15(11)17(10)14-7-6-13(19)9-16(14)20/h4-9H,2-3H2,1H3,(H,21,22). The van der Waals surface area contributed by atoms with Crippen LogP contribution in [-0.4, -0.2) is 11.1 Å². The lowest BCUT2D eigenvalue weighted by Gasteiger charge is -2.23. The fourth-order valence-electron chi connectivity index (χ4n) is 2.90. The summed E-state index contributed by atoms with van der Waals surface area (Å²) in [7, 11) is 0. The Balaban J connectivity index is 2.23. The number of benzene rings is 2. The molecule has 0 fully saturated rings. The minimum absolute atomic E-state index is 0.288. The molecule has 0 atom stereocenters. The van der Waals surface area contributed by atoms with Crippen molar-refractivity contribution >= 4 is 34.7 Å². The van der Waals surface area contributed by atoms with Crippen LogP contribution in [0.25, 0.3) is 5.57 Å². The van der Waals surface area contributed by atoms with Crippen LogP contribution in [0.1, 0.15) is 40.4 Å². The molecule has 0 aromatic heterocycles. The molecule has 0 saturated carbocycles. The molecule has 1 aliphatic carbocycles. The van der Waals surface area contributed by atoms with E-state index in [1.807, 2.05) is 12.1 Å². The number of carbonyl (C=O) groups is 1. The third kappa shape index (κ3) is 2.65. The second-order valence-corrected chi connectivity index (χ2v) is 6.30. The Labute approximate surface area is 139 Å². The van der Waals surface area contributed by atoms with Crippen molar-refractivity contribution in [2.75, 3.05) is 0 Å². The number of hydrogen-bond acceptors (Lipinski definition) is 1. The van der Waals surface area contributed by atoms with E-state index in [0.29, 0.717) is 10.0 Å². The summed E-state index contributed by atoms with van der Waals surface area (Å²) in [6, 6.07) is 10.7. The second-order valence-electron chi connectivity index (χ2n) is 5.46. The molecular weight excluding hydrogens is 319 g/mol. The number of allylic oxidation sites excluding steroid dienone is 1. The molecule has 0 bridgehead atoms. The van der Waals surface area contributed by atoms with Crippen LogP contribution >= 0.6 is 23.2 Å². The average molecular weight is 333 g/mol. The van der Waals surface area contributed by atoms with Gasteiger partial charge in [0.2, 0.25) is 0 Å². The van der Waals surface area contributed by atoms with E-state index < -0.39 is 5.97 Å². The lowest BCUT2D eigenvalue weighted by Crippen LogP contribution is -2.07. The monoisotopic (exact) mass is 332 g/mol. The highest BCUT2D eigenvalue weighted by molar-refractivity contribution is 6.36. The van der Waals surface area contributed by atoms with Crippen molar-refractivity contribution in [3.05, 3.63) is 74.3 Å². The van der Waals surface area contributed by atoms with Gasteiger partial charge in [0.05, 0.1) is 5.56 Å². The second kappa shape index (κ2) is 5.79. The zero-order chi connectivity index (χ0) is 15.9. The summed E-state index contributed by atoms with van der Waals surface area (Å²) in [4.78, 5) is 11.3. The number of aryl methyl sites for hydroxylation is 1. The molecule has 0 spiro atoms. The van der Waals surface area contributed by atoms with E-state index in [-0.39, 0.29) is 5.56 Å². The number of hydrogen-bond donors (Lipinski definition) is 1. The maximum atomic E-state index is 11.3. The molecule has 22 heavy (non-hydrogen) atoms. The molecule has 0 radical (unpaired) electrons. The highest BCUT2D eigenvalue weighted by Crippen LogP contribution is 2.39. The van der Waals surface area contributed by atoms with E-state index in [4.69, 9.17) is 23.2 Å². The van der Waals surface area contributed by atoms with E-state index in [9.17, 15) is 9.90 Å². The van der Waals surface area contributed by atoms with Crippen molar-refractivity contribution < 1.29 is 9.90 Å². The molecule has 0 amide bonds. The summed E-state index contributed by atoms with van der Waals surface area (Å²) in [6.07, 6.45) is 1.85. The van der Waals surface area contributed by atoms with Crippen molar-refractivity contribution in [1.82, 2.24) is 0 Å². The van der Waals surface area contributed by atoms with Gasteiger partial charge in [-0.15, -0.1) is 0 Å². The first kappa shape index (κ1) is 15.1. The van der Waals surface area contributed by atoms with Crippen molar-refractivity contribution in [3.8, 4) is 0 Å². The van der Waals surface area contributed by atoms with Gasteiger partial charge in [0.1, 0.15) is 0 Å². The van der Waals surface area contributed by atoms with E-state index in [2.05, 4.69) is 6.92 Å². The van der Waals surface area contributed by atoms with Crippen LogP contribution < -0.4 is 0 Å². The molecule has 0 saturated heterocycles. The fourth-order valence-corrected chi connectivity index (χ4v) is 3.41. The van der Waals surface area contributed by atoms with Crippen LogP contribution in [0.3, 0.4) is 0 Å². The lowest BCUT2D eigenvalue weighted by molar-refractivity contribution is 0.0697. The lowest BCUT2D eigenvalue weighted by atomic mass is 9.82. The average Bonchev–Trinajstić information content (AvgIpc) is 2.47. The Kier molecular flexibility index (Phi) is 3.98. The van der Waals surface area contributed by atoms with Gasteiger partial charge in [-0.3, -0.25) is 0 Å². The Morgan fingerprint density at radius 1 is 1.05 bits per heavy atom. The fraction of sp³-hybridized carbons (Fsp3) is 0.167. The van der Waals surface area contributed by atoms with E-state index >= 15 is 0 Å². The minimum Gasteiger partial charge on any atom is -0.478 e. The zero-order valence-corrected chi connectivity index (χ0v) is 13.5. The predicted molar refractivity (Wildman–Crippen MR) is 89.9 cm³/mol. The highest BCUT2D eigenvalue weighted by Gasteiger charge is 2.21. The minimum atomic E-state index is -0.924. The van der Waals surface area contributed by atoms with Gasteiger partial charge in [-0.05, 0) is 60.7 Å². The molecule has 112 valence electrons. The van der Waals surface area contributed by atoms with Crippen LogP contribution in [-0.2, 0) is 6.42 Å². The molecule has 2 nitrogen and oxygen atoms in total. The molecule has 0 aliphatic heterocycles. The SMILES string of the molecule is CC1=C(c2ccc(Cl)cc2Cl)c2cc(C(=O)O)ccc2CC1. The maximum absolute atomic E-state index is 11.3. The van der Waals surface area contributed by atoms with Crippen molar-refractivity contribution in [2.45, 2.75) is 19.8 Å². The summed E-state index contributed by atoms with van der Waals surface area (Å²) in [6.45, 7) is 2.07. The van der Waals surface area contributed by atoms with Crippen LogP contribution in [0, 0.1) is 0 Å². The van der Waals surface area contributed by atoms with Gasteiger partial charge in [0.25, 0.3) is 0 Å². The highest BCUT2D eigenvalue weighted by atomic mass is 35.5. The topological polar surface area (TPSA) is 37.3 Å². The number of carboxylic acid groups (broad SMARTS) is 1. The van der Waals surface area contributed by atoms with Crippen LogP contribution in [0.2, 0.25) is 10.0 Å². The number of halogens is 2. The number of fused-ring (bicyclic) bond motifs is 1. The van der Waals surface area contributed by atoms with E-state index in [0.717, 1.165) is 35.1 Å². The quantitative estimate of drug-likeness (QED) is 0.792. The third-order valence-corrected chi connectivity index (χ3v) is 4.57. The first-order chi connectivity index (χ1) is 10.5. The largest absolute Gasteiger partial charge is 0.478 e. The first-order valence-corrected chi connectivity index (χ1v) is 7.74. The molecule has 0 unspecified atom stereocenters. The molecular formula is C18H14Cl2O2. The summed E-state index contributed by atoms with van der Waals surface area (Å²) >= 11 is 12.3. The normalized spacial score (nSPS) is 14.0. The van der Waals surface area contributed by atoms with Gasteiger partial charge in [-0.1, -0.05) is 40.9 Å². The Bertz CT molecular complexity index is 807. The van der Waals surface area contributed by atoms with Gasteiger partial charge >= 0.3 is 5.97 Å². The third-order valence-electron chi connectivity index (χ3n) is 4.02. The van der Waals surface area contributed by atoms with Crippen molar-refractivity contribution in [2.24, 2.45) is 0 Å². The Morgan fingerprint density at radius 2 is 1.82 bits per heavy atom. The Hall–Kier alpha value is -1.77. The molecule has 1 N–H and O–H groups in total. The summed E-state index contributed by atoms with van der Waals surface area (Å²) in [5, 5.41) is 10.4. The number of rotatable bonds is 2. The smallest absolute Gasteiger partial charge is 0.335 e. The van der Waals surface area contributed by atoms with Gasteiger partial charge < -0.3 is 5.11 Å². The molecule has 3 rings (SSSR count). The summed E-state index contributed by atoms with van der Waals surface area (Å²) in [5.74, 6) is -0.924. The van der Waals surface area contributed by atoms with Crippen LogP contribution in [0.5, 0.6) is 0 Å². The van der Waals surface area contributed by atoms with Crippen LogP contribution in [0.4, 0.5) is 0 Å². The number of aromatic carboxylic acids is 1. The molecule has 4 heteroatoms. The van der Waals surface area contributed by atoms with E-state index in [1.165, 1.54) is 5.57 Å². The van der Waals surface area contributed by atoms with Gasteiger partial charge in [-0.25, -0.2) is 4.79 Å². The first-order valence-electron chi connectivity index (χ1n) is 6.99. The molecule has 2 aromatic rings. The zero-order valence-electron chi connectivity index (χ0n) is 12.0. The molecule has 2 aromatic carbocycles. The van der Waals surface area contributed by atoms with Gasteiger partial charge in [0, 0.05) is 15.6 Å². The predicted octanol–water partition coefficient (Wildman–Crippen LogP) is 5.46. The summed E-state index contributed by atoms with van der Waals surface area (Å²) < 4.78 is 0. The number of carboxylic acids is 1. The van der Waals surface area contributed by atoms with Gasteiger partial charge in [0.15, 0.2) is 0 Å². The van der Waals surface area contributed by atoms with Crippen molar-refractivity contribution in [1.29, 1.82) is 0 Å². The van der Waals surface area contributed by atoms with Crippen molar-refractivity contribution in [3.63, 3.8) is 0 Å². The molecule has 1 aliphatic rings. The van der Waals surface area contributed by atoms with E-state index in [1.54, 1.807) is 24.3 Å².